The fourth-order valence-corrected chi connectivity index (χ4v) is 15.3. The van der Waals surface area contributed by atoms with E-state index in [1.54, 1.807) is 26.8 Å². The van der Waals surface area contributed by atoms with Crippen LogP contribution in [0.15, 0.2) is 60.3 Å². The van der Waals surface area contributed by atoms with Crippen LogP contribution in [0.4, 0.5) is 0 Å². The molecule has 5 fully saturated rings. The average molecular weight is 1040 g/mol. The van der Waals surface area contributed by atoms with Crippen molar-refractivity contribution in [2.45, 2.75) is 213 Å². The van der Waals surface area contributed by atoms with Crippen LogP contribution in [-0.4, -0.2) is 136 Å². The molecule has 6 N–H and O–H groups in total. The van der Waals surface area contributed by atoms with Crippen molar-refractivity contribution in [3.05, 3.63) is 60.3 Å². The first-order chi connectivity index (χ1) is 34.5. The summed E-state index contributed by atoms with van der Waals surface area (Å²) >= 11 is 0. The first-order valence-corrected chi connectivity index (χ1v) is 27.3. The molecule has 418 valence electrons. The van der Waals surface area contributed by atoms with E-state index < -0.39 is 101 Å². The standard InChI is InChI=1S/C59H92O15/c1-15-54(9,68)26-18-20-37(34-61)49(66)73-47-35(4)71-50(46(64)45(47)63)74-55(10,16-2)27-19-21-36(33-60)48(65)72-44-32-59(51(67)70-17-3)39(30-52(44,5)6)38-22-23-41-56(11)28-25-43(69-14)53(7,8)40(56)24-29-57(41,12)58(38,13)31-42(59)62/h15-16,20-22,35,39-47,50,60-64,68H,1-2,17-19,23-34H2,3-14H3/b36-21+,37-20+/t35?,39?,40?,41?,42?,43?,44?,45?,46?,47?,50?,54?,55-,56?,57?,58?,59?/m1/s1. The van der Waals surface area contributed by atoms with Crippen LogP contribution in [0, 0.1) is 50.2 Å². The minimum absolute atomic E-state index is 0.0120. The molecule has 1 heterocycles. The number of carbonyl (C=O) groups is 3. The summed E-state index contributed by atoms with van der Waals surface area (Å²) in [6, 6.07) is 0. The Bertz CT molecular complexity index is 2180. The normalized spacial score (nSPS) is 40.2. The summed E-state index contributed by atoms with van der Waals surface area (Å²) in [4.78, 5) is 41.8. The van der Waals surface area contributed by atoms with E-state index in [4.69, 9.17) is 28.4 Å². The van der Waals surface area contributed by atoms with Gasteiger partial charge in [0.2, 0.25) is 0 Å². The molecule has 0 spiro atoms. The number of fused-ring (bicyclic) bond motifs is 7. The quantitative estimate of drug-likeness (QED) is 0.0318. The molecule has 0 amide bonds. The predicted molar refractivity (Wildman–Crippen MR) is 279 cm³/mol. The van der Waals surface area contributed by atoms with Gasteiger partial charge in [-0.3, -0.25) is 4.79 Å². The van der Waals surface area contributed by atoms with Crippen molar-refractivity contribution in [1.29, 1.82) is 0 Å². The monoisotopic (exact) mass is 1040 g/mol. The Morgan fingerprint density at radius 2 is 1.45 bits per heavy atom. The molecule has 15 nitrogen and oxygen atoms in total. The highest BCUT2D eigenvalue weighted by molar-refractivity contribution is 5.89. The van der Waals surface area contributed by atoms with Crippen molar-refractivity contribution >= 4 is 17.9 Å². The third-order valence-electron chi connectivity index (χ3n) is 20.2. The van der Waals surface area contributed by atoms with Gasteiger partial charge in [0.1, 0.15) is 23.7 Å². The predicted octanol–water partition coefficient (Wildman–Crippen LogP) is 7.53. The van der Waals surface area contributed by atoms with Gasteiger partial charge in [0, 0.05) is 18.9 Å². The maximum absolute atomic E-state index is 14.6. The van der Waals surface area contributed by atoms with Crippen LogP contribution in [-0.2, 0) is 42.8 Å². The lowest BCUT2D eigenvalue weighted by atomic mass is 9.33. The molecule has 0 aromatic rings. The summed E-state index contributed by atoms with van der Waals surface area (Å²) in [6.45, 7) is 29.0. The van der Waals surface area contributed by atoms with Gasteiger partial charge in [-0.15, -0.1) is 13.2 Å². The Kier molecular flexibility index (Phi) is 18.0. The highest BCUT2D eigenvalue weighted by Gasteiger charge is 2.72. The van der Waals surface area contributed by atoms with Crippen molar-refractivity contribution in [1.82, 2.24) is 0 Å². The largest absolute Gasteiger partial charge is 0.465 e. The molecule has 5 aliphatic carbocycles. The Morgan fingerprint density at radius 3 is 2.03 bits per heavy atom. The van der Waals surface area contributed by atoms with Gasteiger partial charge in [-0.2, -0.15) is 0 Å². The molecule has 4 saturated carbocycles. The SMILES string of the molecule is C=CC(C)(O)CC/C=C(\CO)C(=O)OC1C(C)OC(O[C@](C)(C=C)CC/C=C(\CO)C(=O)OC2CC3(C(=O)OCC)C(O)CC4(C)C(=CCC5C6(C)CCC(OC)C(C)(C)C6CCC54C)C3CC2(C)C)C(O)C1O. The topological polar surface area (TPSA) is 228 Å². The summed E-state index contributed by atoms with van der Waals surface area (Å²) < 4.78 is 35.9. The maximum atomic E-state index is 14.6. The molecule has 0 radical (unpaired) electrons. The first kappa shape index (κ1) is 60.0. The van der Waals surface area contributed by atoms with Gasteiger partial charge in [0.05, 0.1) is 60.5 Å². The van der Waals surface area contributed by atoms with Crippen LogP contribution >= 0.6 is 0 Å². The average Bonchev–Trinajstić information content (AvgIpc) is 3.32. The molecule has 6 rings (SSSR count). The Hall–Kier alpha value is -3.25. The third-order valence-corrected chi connectivity index (χ3v) is 20.2. The van der Waals surface area contributed by atoms with Gasteiger partial charge in [-0.25, -0.2) is 9.59 Å². The van der Waals surface area contributed by atoms with Gasteiger partial charge >= 0.3 is 17.9 Å². The number of aliphatic hydroxyl groups excluding tert-OH is 5. The van der Waals surface area contributed by atoms with Crippen LogP contribution in [0.1, 0.15) is 153 Å². The van der Waals surface area contributed by atoms with Gasteiger partial charge in [0.25, 0.3) is 0 Å². The number of hydrogen-bond acceptors (Lipinski definition) is 15. The molecular formula is C59H92O15. The highest BCUT2D eigenvalue weighted by atomic mass is 16.7. The second-order valence-corrected chi connectivity index (χ2v) is 25.3. The van der Waals surface area contributed by atoms with E-state index in [9.17, 15) is 45.0 Å². The lowest BCUT2D eigenvalue weighted by Crippen LogP contribution is -2.69. The van der Waals surface area contributed by atoms with Gasteiger partial charge in [0.15, 0.2) is 12.4 Å². The lowest BCUT2D eigenvalue weighted by Gasteiger charge is -2.72. The highest BCUT2D eigenvalue weighted by Crippen LogP contribution is 2.76. The zero-order valence-corrected chi connectivity index (χ0v) is 46.6. The van der Waals surface area contributed by atoms with E-state index in [1.165, 1.54) is 30.7 Å². The van der Waals surface area contributed by atoms with Crippen LogP contribution < -0.4 is 0 Å². The number of hydrogen-bond donors (Lipinski definition) is 6. The van der Waals surface area contributed by atoms with Gasteiger partial charge in [-0.05, 0) is 138 Å². The molecular weight excluding hydrogens is 949 g/mol. The smallest absolute Gasteiger partial charge is 0.336 e. The molecule has 1 saturated heterocycles. The molecule has 17 atom stereocenters. The molecule has 16 unspecified atom stereocenters. The van der Waals surface area contributed by atoms with Gasteiger partial charge in [-0.1, -0.05) is 84.4 Å². The van der Waals surface area contributed by atoms with Crippen molar-refractivity contribution in [3.63, 3.8) is 0 Å². The van der Waals surface area contributed by atoms with Crippen LogP contribution in [0.5, 0.6) is 0 Å². The van der Waals surface area contributed by atoms with E-state index in [0.29, 0.717) is 24.7 Å². The Labute approximate surface area is 440 Å². The second-order valence-electron chi connectivity index (χ2n) is 25.3. The molecule has 0 aromatic heterocycles. The van der Waals surface area contributed by atoms with E-state index in [1.807, 2.05) is 21.0 Å². The van der Waals surface area contributed by atoms with Crippen molar-refractivity contribution in [2.75, 3.05) is 26.9 Å². The number of rotatable bonds is 19. The van der Waals surface area contributed by atoms with E-state index >= 15 is 0 Å². The van der Waals surface area contributed by atoms with Crippen molar-refractivity contribution in [3.8, 4) is 0 Å². The number of allylic oxidation sites excluding steroid dienone is 4. The molecule has 1 aliphatic heterocycles. The summed E-state index contributed by atoms with van der Waals surface area (Å²) in [5.41, 5.74) is -3.76. The second kappa shape index (κ2) is 22.2. The van der Waals surface area contributed by atoms with Crippen LogP contribution in [0.2, 0.25) is 0 Å². The number of methoxy groups -OCH3 is 1. The summed E-state index contributed by atoms with van der Waals surface area (Å²) in [6.07, 6.45) is 6.32. The fourth-order valence-electron chi connectivity index (χ4n) is 15.3. The zero-order valence-electron chi connectivity index (χ0n) is 46.6. The van der Waals surface area contributed by atoms with Gasteiger partial charge < -0.3 is 59.1 Å². The Morgan fingerprint density at radius 1 is 0.824 bits per heavy atom. The first-order valence-electron chi connectivity index (χ1n) is 27.3. The minimum atomic E-state index is -1.68. The molecule has 74 heavy (non-hydrogen) atoms. The third kappa shape index (κ3) is 10.7. The fraction of sp³-hybridized carbons (Fsp3) is 0.780. The summed E-state index contributed by atoms with van der Waals surface area (Å²) in [5.74, 6) is -1.67. The number of esters is 3. The number of aliphatic hydroxyl groups is 6. The molecule has 6 aliphatic rings. The van der Waals surface area contributed by atoms with E-state index in [0.717, 1.165) is 32.1 Å². The zero-order chi connectivity index (χ0) is 55.2. The number of carbonyl (C=O) groups excluding carboxylic acids is 3. The lowest BCUT2D eigenvalue weighted by molar-refractivity contribution is -0.314. The number of ether oxygens (including phenoxy) is 6. The Balaban J connectivity index is 1.15. The van der Waals surface area contributed by atoms with Crippen LogP contribution in [0.3, 0.4) is 0 Å². The van der Waals surface area contributed by atoms with Crippen molar-refractivity contribution < 1.29 is 73.4 Å². The van der Waals surface area contributed by atoms with Crippen LogP contribution in [0.25, 0.3) is 0 Å². The minimum Gasteiger partial charge on any atom is -0.465 e. The van der Waals surface area contributed by atoms with Crippen molar-refractivity contribution in [2.24, 2.45) is 50.2 Å². The molecule has 15 heteroatoms. The molecule has 0 bridgehead atoms. The maximum Gasteiger partial charge on any atom is 0.336 e. The summed E-state index contributed by atoms with van der Waals surface area (Å²) in [7, 11) is 1.84. The summed E-state index contributed by atoms with van der Waals surface area (Å²) in [5, 5.41) is 65.7. The van der Waals surface area contributed by atoms with E-state index in [2.05, 4.69) is 53.9 Å². The molecule has 0 aromatic carbocycles. The van der Waals surface area contributed by atoms with E-state index in [-0.39, 0.29) is 78.1 Å².